The number of aromatic hydroxyl groups is 1. The number of Topliss-reactive ketones (excluding diaryl/α,β-unsaturated/α-hetero) is 1. The van der Waals surface area contributed by atoms with Crippen molar-refractivity contribution in [2.24, 2.45) is 0 Å². The maximum Gasteiger partial charge on any atom is 0.157 e. The number of benzene rings is 1. The average Bonchev–Trinajstić information content (AvgIpc) is 3.03. The lowest BCUT2D eigenvalue weighted by atomic mass is 9.82. The second-order valence-electron chi connectivity index (χ2n) is 6.70. The largest absolute Gasteiger partial charge is 0.507 e. The standard InChI is InChI=1S/C20H20N2O4/c1-12(24)20(2,3)14-5-6-22-16(10-21-19(22)9-14)13-7-17(25)15(11-23)18(8-13)26-4/h5-11,25H,1-4H3. The van der Waals surface area contributed by atoms with E-state index < -0.39 is 5.41 Å². The number of fused-ring (bicyclic) bond motifs is 1. The summed E-state index contributed by atoms with van der Waals surface area (Å²) in [5.41, 5.74) is 2.47. The summed E-state index contributed by atoms with van der Waals surface area (Å²) in [7, 11) is 1.44. The van der Waals surface area contributed by atoms with Crippen molar-refractivity contribution >= 4 is 17.7 Å². The van der Waals surface area contributed by atoms with Crippen LogP contribution in [-0.2, 0) is 10.2 Å². The second kappa shape index (κ2) is 6.29. The molecule has 0 saturated heterocycles. The number of ketones is 1. The molecule has 1 aromatic carbocycles. The number of hydrogen-bond donors (Lipinski definition) is 1. The zero-order valence-corrected chi connectivity index (χ0v) is 15.1. The Labute approximate surface area is 151 Å². The van der Waals surface area contributed by atoms with Crippen LogP contribution in [0.25, 0.3) is 16.9 Å². The first-order valence-electron chi connectivity index (χ1n) is 8.14. The maximum absolute atomic E-state index is 11.9. The van der Waals surface area contributed by atoms with Crippen molar-refractivity contribution in [2.45, 2.75) is 26.2 Å². The molecule has 0 atom stereocenters. The summed E-state index contributed by atoms with van der Waals surface area (Å²) in [5.74, 6) is 0.214. The highest BCUT2D eigenvalue weighted by Crippen LogP contribution is 2.34. The first-order chi connectivity index (χ1) is 12.3. The second-order valence-corrected chi connectivity index (χ2v) is 6.70. The van der Waals surface area contributed by atoms with Gasteiger partial charge in [0.1, 0.15) is 22.9 Å². The average molecular weight is 352 g/mol. The molecule has 0 spiro atoms. The molecule has 3 rings (SSSR count). The Morgan fingerprint density at radius 2 is 2.04 bits per heavy atom. The Hall–Kier alpha value is -3.15. The number of imidazole rings is 1. The van der Waals surface area contributed by atoms with E-state index in [0.717, 1.165) is 11.3 Å². The number of phenols is 1. The number of carbonyl (C=O) groups excluding carboxylic acids is 2. The number of ether oxygens (including phenoxy) is 1. The molecule has 0 aliphatic rings. The molecule has 0 amide bonds. The van der Waals surface area contributed by atoms with Gasteiger partial charge in [0.25, 0.3) is 0 Å². The third-order valence-corrected chi connectivity index (χ3v) is 4.87. The predicted octanol–water partition coefficient (Wildman–Crippen LogP) is 3.39. The zero-order valence-electron chi connectivity index (χ0n) is 15.1. The fourth-order valence-corrected chi connectivity index (χ4v) is 2.83. The van der Waals surface area contributed by atoms with Crippen molar-refractivity contribution in [3.63, 3.8) is 0 Å². The lowest BCUT2D eigenvalue weighted by Crippen LogP contribution is -2.26. The van der Waals surface area contributed by atoms with Crippen LogP contribution in [-0.4, -0.2) is 33.7 Å². The highest BCUT2D eigenvalue weighted by Gasteiger charge is 2.26. The van der Waals surface area contributed by atoms with E-state index in [1.165, 1.54) is 13.2 Å². The Morgan fingerprint density at radius 3 is 2.65 bits per heavy atom. The summed E-state index contributed by atoms with van der Waals surface area (Å²) in [6.07, 6.45) is 4.08. The molecule has 26 heavy (non-hydrogen) atoms. The number of phenolic OH excluding ortho intramolecular Hbond substituents is 1. The number of carbonyl (C=O) groups is 2. The van der Waals surface area contributed by atoms with Gasteiger partial charge < -0.3 is 9.84 Å². The van der Waals surface area contributed by atoms with E-state index in [9.17, 15) is 14.7 Å². The zero-order chi connectivity index (χ0) is 19.1. The fraction of sp³-hybridized carbons (Fsp3) is 0.250. The van der Waals surface area contributed by atoms with Crippen molar-refractivity contribution in [3.8, 4) is 22.8 Å². The fourth-order valence-electron chi connectivity index (χ4n) is 2.83. The van der Waals surface area contributed by atoms with Crippen molar-refractivity contribution in [2.75, 3.05) is 7.11 Å². The highest BCUT2D eigenvalue weighted by molar-refractivity contribution is 5.88. The van der Waals surface area contributed by atoms with Gasteiger partial charge in [0, 0.05) is 17.2 Å². The van der Waals surface area contributed by atoms with E-state index in [0.29, 0.717) is 23.2 Å². The van der Waals surface area contributed by atoms with Gasteiger partial charge in [0.2, 0.25) is 0 Å². The Bertz CT molecular complexity index is 1020. The molecular weight excluding hydrogens is 332 g/mol. The lowest BCUT2D eigenvalue weighted by Gasteiger charge is -2.21. The Morgan fingerprint density at radius 1 is 1.31 bits per heavy atom. The molecule has 6 heteroatoms. The minimum atomic E-state index is -0.596. The van der Waals surface area contributed by atoms with Crippen LogP contribution >= 0.6 is 0 Å². The molecule has 0 fully saturated rings. The number of rotatable bonds is 5. The molecule has 0 aliphatic carbocycles. The number of aromatic nitrogens is 2. The van der Waals surface area contributed by atoms with Crippen LogP contribution < -0.4 is 4.74 Å². The minimum Gasteiger partial charge on any atom is -0.507 e. The van der Waals surface area contributed by atoms with E-state index in [1.807, 2.05) is 36.6 Å². The molecule has 134 valence electrons. The predicted molar refractivity (Wildman–Crippen MR) is 97.9 cm³/mol. The van der Waals surface area contributed by atoms with E-state index in [-0.39, 0.29) is 17.1 Å². The Kier molecular flexibility index (Phi) is 4.28. The lowest BCUT2D eigenvalue weighted by molar-refractivity contribution is -0.121. The van der Waals surface area contributed by atoms with Gasteiger partial charge in [0.05, 0.1) is 24.6 Å². The monoisotopic (exact) mass is 352 g/mol. The number of nitrogens with zero attached hydrogens (tertiary/aromatic N) is 2. The highest BCUT2D eigenvalue weighted by atomic mass is 16.5. The summed E-state index contributed by atoms with van der Waals surface area (Å²) < 4.78 is 7.06. The third-order valence-electron chi connectivity index (χ3n) is 4.87. The normalized spacial score (nSPS) is 11.5. The third kappa shape index (κ3) is 2.73. The number of aldehydes is 1. The molecule has 3 aromatic rings. The molecule has 2 heterocycles. The van der Waals surface area contributed by atoms with Crippen molar-refractivity contribution < 1.29 is 19.4 Å². The molecule has 1 N–H and O–H groups in total. The molecule has 0 saturated carbocycles. The summed E-state index contributed by atoms with van der Waals surface area (Å²) >= 11 is 0. The van der Waals surface area contributed by atoms with Gasteiger partial charge in [0.15, 0.2) is 6.29 Å². The van der Waals surface area contributed by atoms with Gasteiger partial charge in [-0.15, -0.1) is 0 Å². The molecule has 2 aromatic heterocycles. The van der Waals surface area contributed by atoms with Crippen molar-refractivity contribution in [1.82, 2.24) is 9.38 Å². The van der Waals surface area contributed by atoms with Gasteiger partial charge in [-0.1, -0.05) is 0 Å². The summed E-state index contributed by atoms with van der Waals surface area (Å²) in [6.45, 7) is 5.34. The first-order valence-corrected chi connectivity index (χ1v) is 8.14. The van der Waals surface area contributed by atoms with Gasteiger partial charge in [-0.25, -0.2) is 4.98 Å². The van der Waals surface area contributed by atoms with Crippen LogP contribution in [0.2, 0.25) is 0 Å². The summed E-state index contributed by atoms with van der Waals surface area (Å²) in [6, 6.07) is 6.95. The van der Waals surface area contributed by atoms with Crippen LogP contribution in [0.5, 0.6) is 11.5 Å². The van der Waals surface area contributed by atoms with Crippen molar-refractivity contribution in [1.29, 1.82) is 0 Å². The smallest absolute Gasteiger partial charge is 0.157 e. The summed E-state index contributed by atoms with van der Waals surface area (Å²) in [5, 5.41) is 10.1. The topological polar surface area (TPSA) is 80.9 Å². The van der Waals surface area contributed by atoms with Gasteiger partial charge in [-0.2, -0.15) is 0 Å². The molecule has 0 bridgehead atoms. The number of pyridine rings is 1. The minimum absolute atomic E-state index is 0.0766. The van der Waals surface area contributed by atoms with Gasteiger partial charge in [-0.3, -0.25) is 14.0 Å². The van der Waals surface area contributed by atoms with E-state index in [4.69, 9.17) is 4.74 Å². The molecule has 6 nitrogen and oxygen atoms in total. The van der Waals surface area contributed by atoms with Crippen LogP contribution in [0.4, 0.5) is 0 Å². The van der Waals surface area contributed by atoms with Crippen LogP contribution in [0.1, 0.15) is 36.7 Å². The first kappa shape index (κ1) is 17.7. The van der Waals surface area contributed by atoms with Gasteiger partial charge >= 0.3 is 0 Å². The van der Waals surface area contributed by atoms with Crippen LogP contribution in [0.15, 0.2) is 36.7 Å². The SMILES string of the molecule is COc1cc(-c2cnc3cc(C(C)(C)C(C)=O)ccn23)cc(O)c1C=O. The molecular formula is C20H20N2O4. The molecule has 0 unspecified atom stereocenters. The van der Waals surface area contributed by atoms with Crippen molar-refractivity contribution in [3.05, 3.63) is 47.8 Å². The maximum atomic E-state index is 11.9. The number of methoxy groups -OCH3 is 1. The summed E-state index contributed by atoms with van der Waals surface area (Å²) in [4.78, 5) is 27.4. The van der Waals surface area contributed by atoms with E-state index in [1.54, 1.807) is 19.2 Å². The van der Waals surface area contributed by atoms with Gasteiger partial charge in [-0.05, 0) is 50.6 Å². The van der Waals surface area contributed by atoms with Crippen LogP contribution in [0, 0.1) is 0 Å². The van der Waals surface area contributed by atoms with E-state index in [2.05, 4.69) is 4.98 Å². The quantitative estimate of drug-likeness (QED) is 0.712. The molecule has 0 radical (unpaired) electrons. The van der Waals surface area contributed by atoms with Crippen LogP contribution in [0.3, 0.4) is 0 Å². The molecule has 0 aliphatic heterocycles. The Balaban J connectivity index is 2.15. The van der Waals surface area contributed by atoms with E-state index >= 15 is 0 Å². The number of hydrogen-bond acceptors (Lipinski definition) is 5.